The van der Waals surface area contributed by atoms with E-state index >= 15 is 0 Å². The van der Waals surface area contributed by atoms with Crippen LogP contribution < -0.4 is 10.2 Å². The van der Waals surface area contributed by atoms with E-state index in [-0.39, 0.29) is 12.5 Å². The molecule has 0 aromatic rings. The third-order valence-electron chi connectivity index (χ3n) is 10.3. The van der Waals surface area contributed by atoms with Gasteiger partial charge in [0.1, 0.15) is 13.2 Å². The topological polar surface area (TPSA) is 108 Å². The van der Waals surface area contributed by atoms with Crippen LogP contribution in [0.5, 0.6) is 0 Å². The molecule has 0 spiro atoms. The van der Waals surface area contributed by atoms with Crippen molar-refractivity contribution in [2.45, 2.75) is 212 Å². The molecule has 3 unspecified atom stereocenters. The molecule has 0 rings (SSSR count). The molecule has 334 valence electrons. The number of carbonyl (C=O) groups excluding carboxylic acids is 1. The lowest BCUT2D eigenvalue weighted by molar-refractivity contribution is -0.870. The standard InChI is InChI=1S/C48H91N2O6P/c1-6-8-10-12-14-16-18-20-22-24-25-26-27-29-31-33-35-37-39-41-47(51)46(45-56-57(53,54)55-44-43-50(3,4)5)49-48(52)42-40-38-36-34-32-30-28-23-21-19-17-15-13-11-9-7-2/h17,19,23,28,31,33,39,41,46-47,51H,6-16,18,20-22,24-27,29-30,32,34-38,40,42-45H2,1-5H3,(H-,49,52,53,54)/b19-17-,28-23-,33-31+,41-39+. The van der Waals surface area contributed by atoms with Crippen LogP contribution in [0.15, 0.2) is 48.6 Å². The summed E-state index contributed by atoms with van der Waals surface area (Å²) in [5, 5.41) is 13.8. The van der Waals surface area contributed by atoms with Crippen LogP contribution in [0.3, 0.4) is 0 Å². The second-order valence-corrected chi connectivity index (χ2v) is 18.5. The minimum Gasteiger partial charge on any atom is -0.756 e. The summed E-state index contributed by atoms with van der Waals surface area (Å²) in [6, 6.07) is -0.910. The molecule has 0 fully saturated rings. The van der Waals surface area contributed by atoms with Crippen LogP contribution >= 0.6 is 7.82 Å². The number of phosphoric ester groups is 1. The molecule has 1 amide bonds. The van der Waals surface area contributed by atoms with Crippen LogP contribution in [0.4, 0.5) is 0 Å². The van der Waals surface area contributed by atoms with Crippen molar-refractivity contribution in [3.05, 3.63) is 48.6 Å². The lowest BCUT2D eigenvalue weighted by Crippen LogP contribution is -2.45. The first kappa shape index (κ1) is 55.5. The van der Waals surface area contributed by atoms with Crippen molar-refractivity contribution >= 4 is 13.7 Å². The molecule has 3 atom stereocenters. The van der Waals surface area contributed by atoms with Crippen molar-refractivity contribution in [3.8, 4) is 0 Å². The van der Waals surface area contributed by atoms with Gasteiger partial charge in [-0.2, -0.15) is 0 Å². The predicted molar refractivity (Wildman–Crippen MR) is 242 cm³/mol. The van der Waals surface area contributed by atoms with Gasteiger partial charge in [-0.25, -0.2) is 0 Å². The molecule has 0 aliphatic heterocycles. The number of rotatable bonds is 42. The summed E-state index contributed by atoms with van der Waals surface area (Å²) in [5.74, 6) is -0.222. The Morgan fingerprint density at radius 2 is 1.04 bits per heavy atom. The molecule has 9 heteroatoms. The minimum absolute atomic E-state index is 0.0104. The number of nitrogens with one attached hydrogen (secondary N) is 1. The number of quaternary nitrogens is 1. The van der Waals surface area contributed by atoms with E-state index < -0.39 is 26.6 Å². The van der Waals surface area contributed by atoms with Crippen LogP contribution in [0.1, 0.15) is 200 Å². The van der Waals surface area contributed by atoms with Gasteiger partial charge < -0.3 is 28.8 Å². The van der Waals surface area contributed by atoms with Crippen LogP contribution in [-0.2, 0) is 18.4 Å². The molecule has 0 aliphatic rings. The zero-order valence-electron chi connectivity index (χ0n) is 37.8. The average molecular weight is 823 g/mol. The number of allylic oxidation sites excluding steroid dienone is 7. The molecule has 2 N–H and O–H groups in total. The Balaban J connectivity index is 4.47. The highest BCUT2D eigenvalue weighted by atomic mass is 31.2. The highest BCUT2D eigenvalue weighted by Crippen LogP contribution is 2.38. The first-order chi connectivity index (χ1) is 27.5. The number of likely N-dealkylation sites (N-methyl/N-ethyl adjacent to an activating group) is 1. The number of unbranched alkanes of at least 4 members (excludes halogenated alkanes) is 23. The van der Waals surface area contributed by atoms with Crippen LogP contribution in [0, 0.1) is 0 Å². The zero-order valence-corrected chi connectivity index (χ0v) is 38.7. The van der Waals surface area contributed by atoms with E-state index in [0.29, 0.717) is 17.4 Å². The maximum Gasteiger partial charge on any atom is 0.268 e. The molecular formula is C48H91N2O6P. The minimum atomic E-state index is -4.60. The zero-order chi connectivity index (χ0) is 42.1. The van der Waals surface area contributed by atoms with E-state index in [1.165, 1.54) is 116 Å². The van der Waals surface area contributed by atoms with Crippen molar-refractivity contribution < 1.29 is 32.9 Å². The van der Waals surface area contributed by atoms with Gasteiger partial charge in [0.2, 0.25) is 5.91 Å². The third-order valence-corrected chi connectivity index (χ3v) is 11.2. The second kappa shape index (κ2) is 39.9. The molecule has 57 heavy (non-hydrogen) atoms. The number of amides is 1. The van der Waals surface area contributed by atoms with E-state index in [4.69, 9.17) is 9.05 Å². The Bertz CT molecular complexity index is 1070. The summed E-state index contributed by atoms with van der Waals surface area (Å²) in [4.78, 5) is 25.3. The Labute approximate surface area is 352 Å². The fourth-order valence-electron chi connectivity index (χ4n) is 6.49. The maximum atomic E-state index is 12.9. The number of nitrogens with zero attached hydrogens (tertiary/aromatic N) is 1. The van der Waals surface area contributed by atoms with E-state index in [0.717, 1.165) is 64.2 Å². The van der Waals surface area contributed by atoms with Crippen molar-refractivity contribution in [2.24, 2.45) is 0 Å². The summed E-state index contributed by atoms with van der Waals surface area (Å²) in [5.41, 5.74) is 0. The first-order valence-electron chi connectivity index (χ1n) is 23.5. The summed E-state index contributed by atoms with van der Waals surface area (Å²) >= 11 is 0. The fraction of sp³-hybridized carbons (Fsp3) is 0.812. The lowest BCUT2D eigenvalue weighted by Gasteiger charge is -2.29. The van der Waals surface area contributed by atoms with E-state index in [1.54, 1.807) is 6.08 Å². The Hall–Kier alpha value is -1.54. The molecule has 0 aromatic carbocycles. The van der Waals surface area contributed by atoms with Crippen LogP contribution in [-0.4, -0.2) is 68.5 Å². The number of aliphatic hydroxyl groups excluding tert-OH is 1. The second-order valence-electron chi connectivity index (χ2n) is 17.1. The van der Waals surface area contributed by atoms with Gasteiger partial charge >= 0.3 is 0 Å². The molecule has 0 aromatic heterocycles. The van der Waals surface area contributed by atoms with E-state index in [1.807, 2.05) is 27.2 Å². The van der Waals surface area contributed by atoms with Gasteiger partial charge in [-0.3, -0.25) is 9.36 Å². The van der Waals surface area contributed by atoms with Gasteiger partial charge in [0, 0.05) is 6.42 Å². The SMILES string of the molecule is CCCCCC/C=C\C/C=C\CCCCCCCC(=O)NC(COP(=O)([O-])OCC[N+](C)(C)C)C(O)/C=C/CC/C=C/CCCCCCCCCCCCCCC. The number of phosphoric acid groups is 1. The van der Waals surface area contributed by atoms with Crippen molar-refractivity contribution in [3.63, 3.8) is 0 Å². The summed E-state index contributed by atoms with van der Waals surface area (Å²) in [6.07, 6.45) is 50.2. The molecule has 0 bridgehead atoms. The van der Waals surface area contributed by atoms with Gasteiger partial charge in [-0.1, -0.05) is 178 Å². The number of aliphatic hydroxyl groups is 1. The molecule has 0 saturated heterocycles. The largest absolute Gasteiger partial charge is 0.756 e. The van der Waals surface area contributed by atoms with Crippen LogP contribution in [0.2, 0.25) is 0 Å². The van der Waals surface area contributed by atoms with Crippen molar-refractivity contribution in [1.82, 2.24) is 5.32 Å². The molecule has 8 nitrogen and oxygen atoms in total. The van der Waals surface area contributed by atoms with Gasteiger partial charge in [0.05, 0.1) is 39.9 Å². The Morgan fingerprint density at radius 1 is 0.614 bits per heavy atom. The highest BCUT2D eigenvalue weighted by Gasteiger charge is 2.23. The Kier molecular flexibility index (Phi) is 38.8. The number of hydrogen-bond acceptors (Lipinski definition) is 6. The summed E-state index contributed by atoms with van der Waals surface area (Å²) < 4.78 is 23.2. The van der Waals surface area contributed by atoms with Gasteiger partial charge in [-0.15, -0.1) is 0 Å². The molecule has 0 radical (unpaired) electrons. The van der Waals surface area contributed by atoms with E-state index in [9.17, 15) is 19.4 Å². The summed E-state index contributed by atoms with van der Waals surface area (Å²) in [6.45, 7) is 4.59. The normalized spacial score (nSPS) is 14.7. The predicted octanol–water partition coefficient (Wildman–Crippen LogP) is 12.6. The molecule has 0 heterocycles. The molecule has 0 saturated carbocycles. The number of carbonyl (C=O) groups is 1. The molecular weight excluding hydrogens is 732 g/mol. The van der Waals surface area contributed by atoms with Crippen molar-refractivity contribution in [2.75, 3.05) is 40.9 Å². The monoisotopic (exact) mass is 823 g/mol. The van der Waals surface area contributed by atoms with Crippen molar-refractivity contribution in [1.29, 1.82) is 0 Å². The third kappa shape index (κ3) is 42.4. The van der Waals surface area contributed by atoms with Gasteiger partial charge in [0.15, 0.2) is 0 Å². The quantitative estimate of drug-likeness (QED) is 0.0275. The highest BCUT2D eigenvalue weighted by molar-refractivity contribution is 7.45. The number of hydrogen-bond donors (Lipinski definition) is 2. The van der Waals surface area contributed by atoms with E-state index in [2.05, 4.69) is 55.6 Å². The molecule has 0 aliphatic carbocycles. The first-order valence-corrected chi connectivity index (χ1v) is 25.0. The lowest BCUT2D eigenvalue weighted by atomic mass is 10.0. The van der Waals surface area contributed by atoms with Gasteiger partial charge in [-0.05, 0) is 64.2 Å². The maximum absolute atomic E-state index is 12.9. The van der Waals surface area contributed by atoms with Gasteiger partial charge in [0.25, 0.3) is 7.82 Å². The smallest absolute Gasteiger partial charge is 0.268 e. The Morgan fingerprint density at radius 3 is 1.54 bits per heavy atom. The fourth-order valence-corrected chi connectivity index (χ4v) is 7.21. The average Bonchev–Trinajstić information content (AvgIpc) is 3.16. The summed E-state index contributed by atoms with van der Waals surface area (Å²) in [7, 11) is 1.23. The van der Waals surface area contributed by atoms with Crippen LogP contribution in [0.25, 0.3) is 0 Å².